The number of aromatic amines is 1. The highest BCUT2D eigenvalue weighted by molar-refractivity contribution is 6.39. The Labute approximate surface area is 167 Å². The van der Waals surface area contributed by atoms with Gasteiger partial charge in [0.15, 0.2) is 0 Å². The summed E-state index contributed by atoms with van der Waals surface area (Å²) in [4.78, 5) is 53.0. The third kappa shape index (κ3) is 3.91. The highest BCUT2D eigenvalue weighted by atomic mass is 16.2. The number of nitrogens with one attached hydrogen (secondary N) is 3. The summed E-state index contributed by atoms with van der Waals surface area (Å²) in [5, 5.41) is 5.41. The molecule has 1 aromatic carbocycles. The smallest absolute Gasteiger partial charge is 0.313 e. The molecule has 1 aromatic heterocycles. The van der Waals surface area contributed by atoms with Gasteiger partial charge in [0, 0.05) is 30.4 Å². The number of aryl methyl sites for hydroxylation is 1. The van der Waals surface area contributed by atoms with Crippen LogP contribution < -0.4 is 10.6 Å². The molecule has 0 spiro atoms. The van der Waals surface area contributed by atoms with Gasteiger partial charge in [-0.15, -0.1) is 0 Å². The molecular formula is C21H22N4O4. The van der Waals surface area contributed by atoms with Gasteiger partial charge in [0.2, 0.25) is 11.8 Å². The molecule has 1 fully saturated rings. The van der Waals surface area contributed by atoms with Gasteiger partial charge in [-0.3, -0.25) is 24.1 Å². The number of benzene rings is 1. The van der Waals surface area contributed by atoms with Crippen molar-refractivity contribution in [3.05, 3.63) is 53.3 Å². The molecule has 2 aromatic rings. The van der Waals surface area contributed by atoms with Gasteiger partial charge in [0.25, 0.3) is 0 Å². The number of amides is 4. The van der Waals surface area contributed by atoms with E-state index in [0.29, 0.717) is 11.3 Å². The number of aromatic nitrogens is 1. The number of fused-ring (bicyclic) bond motifs is 1. The van der Waals surface area contributed by atoms with E-state index in [4.69, 9.17) is 0 Å². The maximum atomic E-state index is 12.5. The first kappa shape index (κ1) is 18.9. The summed E-state index contributed by atoms with van der Waals surface area (Å²) in [6.45, 7) is 0.0745. The quantitative estimate of drug-likeness (QED) is 0.542. The minimum atomic E-state index is -0.779. The lowest BCUT2D eigenvalue weighted by Crippen LogP contribution is -2.39. The van der Waals surface area contributed by atoms with Crippen molar-refractivity contribution in [2.24, 2.45) is 0 Å². The van der Waals surface area contributed by atoms with Crippen molar-refractivity contribution < 1.29 is 19.2 Å². The van der Waals surface area contributed by atoms with Crippen LogP contribution in [0.1, 0.15) is 48.5 Å². The molecule has 1 atom stereocenters. The van der Waals surface area contributed by atoms with Crippen molar-refractivity contribution in [1.82, 2.24) is 15.2 Å². The van der Waals surface area contributed by atoms with Crippen molar-refractivity contribution in [2.45, 2.75) is 44.7 Å². The van der Waals surface area contributed by atoms with Gasteiger partial charge in [0.1, 0.15) is 0 Å². The van der Waals surface area contributed by atoms with Gasteiger partial charge in [-0.05, 0) is 42.5 Å². The van der Waals surface area contributed by atoms with E-state index in [-0.39, 0.29) is 37.2 Å². The summed E-state index contributed by atoms with van der Waals surface area (Å²) in [5.41, 5.74) is 3.12. The average Bonchev–Trinajstić information content (AvgIpc) is 3.32. The highest BCUT2D eigenvalue weighted by Gasteiger charge is 2.30. The summed E-state index contributed by atoms with van der Waals surface area (Å²) in [7, 11) is 0. The number of carbonyl (C=O) groups is 4. The molecule has 4 rings (SSSR count). The number of imide groups is 1. The van der Waals surface area contributed by atoms with E-state index in [1.54, 1.807) is 24.3 Å². The molecule has 1 unspecified atom stereocenters. The van der Waals surface area contributed by atoms with Gasteiger partial charge in [-0.2, -0.15) is 0 Å². The van der Waals surface area contributed by atoms with E-state index in [9.17, 15) is 19.2 Å². The third-order valence-electron chi connectivity index (χ3n) is 5.42. The van der Waals surface area contributed by atoms with Crippen molar-refractivity contribution in [1.29, 1.82) is 0 Å². The summed E-state index contributed by atoms with van der Waals surface area (Å²) >= 11 is 0. The molecule has 2 aliphatic rings. The van der Waals surface area contributed by atoms with E-state index in [2.05, 4.69) is 15.6 Å². The fourth-order valence-corrected chi connectivity index (χ4v) is 3.90. The molecule has 2 heterocycles. The number of hydrogen-bond acceptors (Lipinski definition) is 4. The maximum Gasteiger partial charge on any atom is 0.313 e. The molecule has 4 amide bonds. The first-order valence-corrected chi connectivity index (χ1v) is 9.72. The molecule has 1 aliphatic heterocycles. The van der Waals surface area contributed by atoms with Gasteiger partial charge in [0.05, 0.1) is 12.6 Å². The third-order valence-corrected chi connectivity index (χ3v) is 5.42. The predicted octanol–water partition coefficient (Wildman–Crippen LogP) is 1.80. The van der Waals surface area contributed by atoms with Crippen LogP contribution in [0.25, 0.3) is 0 Å². The number of rotatable bonds is 4. The molecule has 3 N–H and O–H groups in total. The van der Waals surface area contributed by atoms with Gasteiger partial charge >= 0.3 is 11.8 Å². The van der Waals surface area contributed by atoms with Crippen LogP contribution in [-0.2, 0) is 32.1 Å². The zero-order valence-corrected chi connectivity index (χ0v) is 15.9. The van der Waals surface area contributed by atoms with Crippen molar-refractivity contribution in [3.8, 4) is 0 Å². The summed E-state index contributed by atoms with van der Waals surface area (Å²) in [6.07, 6.45) is 4.89. The minimum Gasteiger partial charge on any atom is -0.365 e. The second-order valence-electron chi connectivity index (χ2n) is 7.31. The second-order valence-corrected chi connectivity index (χ2v) is 7.31. The number of anilines is 1. The average molecular weight is 394 g/mol. The van der Waals surface area contributed by atoms with E-state index >= 15 is 0 Å². The van der Waals surface area contributed by atoms with Crippen LogP contribution in [-0.4, -0.2) is 33.5 Å². The van der Waals surface area contributed by atoms with E-state index in [1.807, 2.05) is 12.3 Å². The fraction of sp³-hybridized carbons (Fsp3) is 0.333. The number of H-pyrrole nitrogens is 1. The zero-order chi connectivity index (χ0) is 20.4. The van der Waals surface area contributed by atoms with Crippen LogP contribution in [0.15, 0.2) is 36.5 Å². The summed E-state index contributed by atoms with van der Waals surface area (Å²) in [5.74, 6) is -1.95. The summed E-state index contributed by atoms with van der Waals surface area (Å²) < 4.78 is 0. The van der Waals surface area contributed by atoms with Crippen LogP contribution in [0.5, 0.6) is 0 Å². The minimum absolute atomic E-state index is 0.0745. The van der Waals surface area contributed by atoms with E-state index < -0.39 is 11.8 Å². The van der Waals surface area contributed by atoms with Gasteiger partial charge in [-0.1, -0.05) is 18.2 Å². The van der Waals surface area contributed by atoms with Gasteiger partial charge in [-0.25, -0.2) is 0 Å². The van der Waals surface area contributed by atoms with Crippen molar-refractivity contribution >= 4 is 29.3 Å². The van der Waals surface area contributed by atoms with Crippen LogP contribution >= 0.6 is 0 Å². The molecule has 0 radical (unpaired) electrons. The SMILES string of the molecule is O=C(Nc1ccccc1CN1C(=O)CCC1=O)C(=O)NC1CCCc2[nH]ccc21. The lowest BCUT2D eigenvalue weighted by molar-refractivity contribution is -0.139. The molecule has 0 saturated carbocycles. The molecule has 8 nitrogen and oxygen atoms in total. The highest BCUT2D eigenvalue weighted by Crippen LogP contribution is 2.28. The van der Waals surface area contributed by atoms with Crippen molar-refractivity contribution in [2.75, 3.05) is 5.32 Å². The second kappa shape index (κ2) is 7.90. The Hall–Kier alpha value is -3.42. The normalized spacial score (nSPS) is 18.5. The largest absolute Gasteiger partial charge is 0.365 e. The van der Waals surface area contributed by atoms with E-state index in [0.717, 1.165) is 30.5 Å². The lowest BCUT2D eigenvalue weighted by Gasteiger charge is -2.23. The number of nitrogens with zero attached hydrogens (tertiary/aromatic N) is 1. The predicted molar refractivity (Wildman–Crippen MR) is 104 cm³/mol. The zero-order valence-electron chi connectivity index (χ0n) is 15.9. The van der Waals surface area contributed by atoms with Crippen LogP contribution in [0.2, 0.25) is 0 Å². The Kier molecular flexibility index (Phi) is 5.16. The number of likely N-dealkylation sites (tertiary alicyclic amines) is 1. The van der Waals surface area contributed by atoms with Gasteiger partial charge < -0.3 is 15.6 Å². The Bertz CT molecular complexity index is 965. The maximum absolute atomic E-state index is 12.5. The van der Waals surface area contributed by atoms with Crippen LogP contribution in [0.3, 0.4) is 0 Å². The Morgan fingerprint density at radius 2 is 1.79 bits per heavy atom. The van der Waals surface area contributed by atoms with Crippen LogP contribution in [0, 0.1) is 0 Å². The van der Waals surface area contributed by atoms with Crippen LogP contribution in [0.4, 0.5) is 5.69 Å². The Balaban J connectivity index is 1.43. The molecule has 1 aliphatic carbocycles. The lowest BCUT2D eigenvalue weighted by atomic mass is 9.93. The fourth-order valence-electron chi connectivity index (χ4n) is 3.90. The number of carbonyl (C=O) groups excluding carboxylic acids is 4. The molecule has 0 bridgehead atoms. The molecule has 150 valence electrons. The monoisotopic (exact) mass is 394 g/mol. The topological polar surface area (TPSA) is 111 Å². The molecule has 8 heteroatoms. The first-order valence-electron chi connectivity index (χ1n) is 9.72. The first-order chi connectivity index (χ1) is 14.0. The Morgan fingerprint density at radius 1 is 1.03 bits per heavy atom. The molecule has 29 heavy (non-hydrogen) atoms. The van der Waals surface area contributed by atoms with E-state index in [1.165, 1.54) is 4.90 Å². The van der Waals surface area contributed by atoms with Crippen molar-refractivity contribution in [3.63, 3.8) is 0 Å². The number of hydrogen-bond donors (Lipinski definition) is 3. The molecular weight excluding hydrogens is 372 g/mol. The summed E-state index contributed by atoms with van der Waals surface area (Å²) in [6, 6.07) is 8.58. The standard InChI is InChI=1S/C21H22N4O4/c26-18-8-9-19(27)25(18)12-13-4-1-2-5-15(13)23-20(28)21(29)24-17-7-3-6-16-14(17)10-11-22-16/h1-2,4-5,10-11,17,22H,3,6-9,12H2,(H,23,28)(H,24,29). The number of para-hydroxylation sites is 1. The Morgan fingerprint density at radius 3 is 2.59 bits per heavy atom. The molecule has 1 saturated heterocycles.